The number of fused-ring (bicyclic) bond motifs is 1. The Morgan fingerprint density at radius 2 is 1.83 bits per heavy atom. The molecule has 0 bridgehead atoms. The maximum Gasteiger partial charge on any atom is 0.187 e. The molecular formula is C21H23F2NO5. The van der Waals surface area contributed by atoms with Crippen LogP contribution in [0.2, 0.25) is 0 Å². The minimum absolute atomic E-state index is 0.00677. The predicted octanol–water partition coefficient (Wildman–Crippen LogP) is 1.58. The van der Waals surface area contributed by atoms with E-state index in [1.807, 2.05) is 18.2 Å². The summed E-state index contributed by atoms with van der Waals surface area (Å²) in [4.78, 5) is 1.75. The molecule has 8 heteroatoms. The minimum atomic E-state index is -1.38. The lowest BCUT2D eigenvalue weighted by atomic mass is 9.93. The maximum absolute atomic E-state index is 13.5. The van der Waals surface area contributed by atoms with Crippen molar-refractivity contribution >= 4 is 0 Å². The lowest BCUT2D eigenvalue weighted by Gasteiger charge is -2.29. The summed E-state index contributed by atoms with van der Waals surface area (Å²) in [5, 5.41) is 41.2. The van der Waals surface area contributed by atoms with E-state index < -0.39 is 41.3 Å². The molecule has 0 aromatic heterocycles. The van der Waals surface area contributed by atoms with E-state index in [0.717, 1.165) is 12.1 Å². The van der Waals surface area contributed by atoms with Gasteiger partial charge in [-0.2, -0.15) is 0 Å². The molecule has 0 radical (unpaired) electrons. The van der Waals surface area contributed by atoms with Crippen molar-refractivity contribution in [1.82, 2.24) is 4.90 Å². The van der Waals surface area contributed by atoms with Crippen LogP contribution in [0.25, 0.3) is 0 Å². The van der Waals surface area contributed by atoms with Crippen molar-refractivity contribution in [2.24, 2.45) is 5.92 Å². The second-order valence-electron chi connectivity index (χ2n) is 7.88. The van der Waals surface area contributed by atoms with Crippen LogP contribution in [0.3, 0.4) is 0 Å². The van der Waals surface area contributed by atoms with Gasteiger partial charge in [-0.1, -0.05) is 18.2 Å². The molecule has 4 rings (SSSR count). The standard InChI is InChI=1S/C21H23F2NO5/c22-15-6-12(7-16(23)19(15)26)17(25)10-24-9-13-8-18(20(27)21(13,28)11-24)29-14-4-2-1-3-5-14/h1-7,13,17-18,20,25-28H,8-11H2/t13-,17-,18+,20+,21-/m0/s1. The van der Waals surface area contributed by atoms with Crippen LogP contribution in [0, 0.1) is 17.6 Å². The summed E-state index contributed by atoms with van der Waals surface area (Å²) in [6, 6.07) is 10.8. The number of hydrogen-bond donors (Lipinski definition) is 4. The van der Waals surface area contributed by atoms with Gasteiger partial charge in [-0.3, -0.25) is 4.90 Å². The van der Waals surface area contributed by atoms with Gasteiger partial charge in [-0.15, -0.1) is 0 Å². The molecular weight excluding hydrogens is 384 g/mol. The fraction of sp³-hybridized carbons (Fsp3) is 0.429. The van der Waals surface area contributed by atoms with Crippen LogP contribution < -0.4 is 4.74 Å². The zero-order valence-corrected chi connectivity index (χ0v) is 15.6. The Hall–Kier alpha value is -2.26. The molecule has 2 aliphatic rings. The second kappa shape index (κ2) is 7.53. The second-order valence-corrected chi connectivity index (χ2v) is 7.88. The minimum Gasteiger partial charge on any atom is -0.503 e. The third-order valence-electron chi connectivity index (χ3n) is 5.93. The van der Waals surface area contributed by atoms with E-state index in [2.05, 4.69) is 0 Å². The number of rotatable bonds is 5. The maximum atomic E-state index is 13.5. The number of para-hydroxylation sites is 1. The number of phenolic OH excluding ortho intramolecular Hbond substituents is 1. The van der Waals surface area contributed by atoms with E-state index in [9.17, 15) is 29.2 Å². The quantitative estimate of drug-likeness (QED) is 0.602. The Balaban J connectivity index is 1.41. The van der Waals surface area contributed by atoms with E-state index in [1.54, 1.807) is 17.0 Å². The van der Waals surface area contributed by atoms with Gasteiger partial charge < -0.3 is 25.2 Å². The third-order valence-corrected chi connectivity index (χ3v) is 5.93. The largest absolute Gasteiger partial charge is 0.503 e. The van der Waals surface area contributed by atoms with Crippen molar-refractivity contribution in [2.45, 2.75) is 30.3 Å². The monoisotopic (exact) mass is 407 g/mol. The molecule has 156 valence electrons. The van der Waals surface area contributed by atoms with Gasteiger partial charge in [-0.05, 0) is 36.2 Å². The van der Waals surface area contributed by atoms with Crippen molar-refractivity contribution < 1.29 is 33.9 Å². The molecule has 29 heavy (non-hydrogen) atoms. The number of halogens is 2. The van der Waals surface area contributed by atoms with Crippen LogP contribution in [0.4, 0.5) is 8.78 Å². The number of nitrogens with zero attached hydrogens (tertiary/aromatic N) is 1. The number of aliphatic hydroxyl groups is 3. The first-order valence-corrected chi connectivity index (χ1v) is 9.48. The number of β-amino-alcohol motifs (C(OH)–C–C–N with tert-alkyl or cyclic N) is 2. The zero-order valence-electron chi connectivity index (χ0n) is 15.6. The van der Waals surface area contributed by atoms with Gasteiger partial charge in [0.1, 0.15) is 23.6 Å². The third kappa shape index (κ3) is 3.69. The molecule has 2 aromatic carbocycles. The van der Waals surface area contributed by atoms with E-state index in [4.69, 9.17) is 4.74 Å². The molecule has 1 saturated heterocycles. The molecule has 2 aromatic rings. The van der Waals surface area contributed by atoms with Gasteiger partial charge in [-0.25, -0.2) is 8.78 Å². The normalized spacial score (nSPS) is 30.3. The Labute approximate surface area is 166 Å². The van der Waals surface area contributed by atoms with E-state index in [0.29, 0.717) is 18.7 Å². The molecule has 0 amide bonds. The van der Waals surface area contributed by atoms with Gasteiger partial charge in [0.05, 0.1) is 6.10 Å². The smallest absolute Gasteiger partial charge is 0.187 e. The molecule has 6 nitrogen and oxygen atoms in total. The summed E-state index contributed by atoms with van der Waals surface area (Å²) < 4.78 is 32.9. The number of likely N-dealkylation sites (tertiary alicyclic amines) is 1. The highest BCUT2D eigenvalue weighted by molar-refractivity contribution is 5.31. The summed E-state index contributed by atoms with van der Waals surface area (Å²) in [5.74, 6) is -3.02. The van der Waals surface area contributed by atoms with Crippen LogP contribution in [0.15, 0.2) is 42.5 Å². The number of benzene rings is 2. The summed E-state index contributed by atoms with van der Waals surface area (Å²) in [5.41, 5.74) is -1.39. The molecule has 2 fully saturated rings. The van der Waals surface area contributed by atoms with Gasteiger partial charge in [0, 0.05) is 25.6 Å². The van der Waals surface area contributed by atoms with Crippen molar-refractivity contribution in [3.8, 4) is 11.5 Å². The van der Waals surface area contributed by atoms with Gasteiger partial charge in [0.15, 0.2) is 17.4 Å². The Bertz CT molecular complexity index is 860. The Morgan fingerprint density at radius 3 is 2.45 bits per heavy atom. The molecule has 0 spiro atoms. The van der Waals surface area contributed by atoms with Crippen molar-refractivity contribution in [3.63, 3.8) is 0 Å². The first-order valence-electron chi connectivity index (χ1n) is 9.48. The van der Waals surface area contributed by atoms with Crippen LogP contribution in [-0.4, -0.2) is 62.8 Å². The summed E-state index contributed by atoms with van der Waals surface area (Å²) in [6.45, 7) is 0.537. The molecule has 0 unspecified atom stereocenters. The van der Waals surface area contributed by atoms with Gasteiger partial charge in [0.2, 0.25) is 0 Å². The number of phenols is 1. The Morgan fingerprint density at radius 1 is 1.17 bits per heavy atom. The summed E-state index contributed by atoms with van der Waals surface area (Å²) in [7, 11) is 0. The number of aromatic hydroxyl groups is 1. The van der Waals surface area contributed by atoms with Crippen LogP contribution in [0.1, 0.15) is 18.1 Å². The highest BCUT2D eigenvalue weighted by atomic mass is 19.1. The molecule has 1 heterocycles. The first kappa shape index (κ1) is 20.0. The van der Waals surface area contributed by atoms with E-state index >= 15 is 0 Å². The highest BCUT2D eigenvalue weighted by Crippen LogP contribution is 2.43. The van der Waals surface area contributed by atoms with Crippen molar-refractivity contribution in [1.29, 1.82) is 0 Å². The molecule has 1 aliphatic carbocycles. The fourth-order valence-electron chi connectivity index (χ4n) is 4.42. The van der Waals surface area contributed by atoms with Crippen LogP contribution in [-0.2, 0) is 0 Å². The average molecular weight is 407 g/mol. The van der Waals surface area contributed by atoms with E-state index in [1.165, 1.54) is 0 Å². The molecule has 4 N–H and O–H groups in total. The van der Waals surface area contributed by atoms with Gasteiger partial charge in [0.25, 0.3) is 0 Å². The van der Waals surface area contributed by atoms with E-state index in [-0.39, 0.29) is 24.6 Å². The zero-order chi connectivity index (χ0) is 20.8. The van der Waals surface area contributed by atoms with Crippen molar-refractivity contribution in [3.05, 3.63) is 59.7 Å². The van der Waals surface area contributed by atoms with Gasteiger partial charge >= 0.3 is 0 Å². The topological polar surface area (TPSA) is 93.4 Å². The predicted molar refractivity (Wildman–Crippen MR) is 99.3 cm³/mol. The molecule has 1 aliphatic heterocycles. The summed E-state index contributed by atoms with van der Waals surface area (Å²) >= 11 is 0. The molecule has 5 atom stereocenters. The first-order chi connectivity index (χ1) is 13.8. The lowest BCUT2D eigenvalue weighted by molar-refractivity contribution is -0.0875. The lowest BCUT2D eigenvalue weighted by Crippen LogP contribution is -2.49. The van der Waals surface area contributed by atoms with Crippen molar-refractivity contribution in [2.75, 3.05) is 19.6 Å². The number of ether oxygens (including phenoxy) is 1. The average Bonchev–Trinajstić information content (AvgIpc) is 3.11. The summed E-state index contributed by atoms with van der Waals surface area (Å²) in [6.07, 6.45) is -2.41. The number of hydrogen-bond acceptors (Lipinski definition) is 6. The highest BCUT2D eigenvalue weighted by Gasteiger charge is 2.59. The van der Waals surface area contributed by atoms with Crippen LogP contribution in [0.5, 0.6) is 11.5 Å². The van der Waals surface area contributed by atoms with Crippen LogP contribution >= 0.6 is 0 Å². The number of aliphatic hydroxyl groups excluding tert-OH is 2. The Kier molecular flexibility index (Phi) is 5.20. The SMILES string of the molecule is Oc1c(F)cc([C@@H](O)CN2C[C@@H]3C[C@@H](Oc4ccccc4)[C@@H](O)[C@]3(O)C2)cc1F. The fourth-order valence-corrected chi connectivity index (χ4v) is 4.42. The molecule has 1 saturated carbocycles.